The van der Waals surface area contributed by atoms with E-state index >= 15 is 0 Å². The van der Waals surface area contributed by atoms with Gasteiger partial charge in [0.05, 0.1) is 12.8 Å². The quantitative estimate of drug-likeness (QED) is 0.842. The van der Waals surface area contributed by atoms with Crippen LogP contribution in [0, 0.1) is 20.8 Å². The SMILES string of the molecule is Cc1cc(C)c(C(CC(=O)O)CC(=O)O)c(C)c1. The van der Waals surface area contributed by atoms with Crippen molar-refractivity contribution in [2.24, 2.45) is 0 Å². The molecule has 4 nitrogen and oxygen atoms in total. The first kappa shape index (κ1) is 14.2. The molecule has 2 N–H and O–H groups in total. The second-order valence-electron chi connectivity index (χ2n) is 4.71. The van der Waals surface area contributed by atoms with E-state index in [4.69, 9.17) is 10.2 Å². The molecule has 0 saturated heterocycles. The summed E-state index contributed by atoms with van der Waals surface area (Å²) in [6.07, 6.45) is -0.311. The van der Waals surface area contributed by atoms with Crippen molar-refractivity contribution in [3.63, 3.8) is 0 Å². The number of carboxylic acid groups (broad SMARTS) is 2. The van der Waals surface area contributed by atoms with Crippen molar-refractivity contribution in [3.05, 3.63) is 34.4 Å². The fourth-order valence-electron chi connectivity index (χ4n) is 2.53. The molecule has 0 unspecified atom stereocenters. The van der Waals surface area contributed by atoms with E-state index in [1.807, 2.05) is 32.9 Å². The van der Waals surface area contributed by atoms with Crippen LogP contribution in [0.15, 0.2) is 12.1 Å². The standard InChI is InChI=1S/C14H18O4/c1-8-4-9(2)14(10(3)5-8)11(6-12(15)16)7-13(17)18/h4-5,11H,6-7H2,1-3H3,(H,15,16)(H,17,18). The first-order chi connectivity index (χ1) is 8.31. The molecule has 0 fully saturated rings. The topological polar surface area (TPSA) is 74.6 Å². The van der Waals surface area contributed by atoms with E-state index in [0.717, 1.165) is 22.3 Å². The summed E-state index contributed by atoms with van der Waals surface area (Å²) in [5.41, 5.74) is 3.86. The Balaban J connectivity index is 3.19. The van der Waals surface area contributed by atoms with E-state index < -0.39 is 17.9 Å². The summed E-state index contributed by atoms with van der Waals surface area (Å²) >= 11 is 0. The largest absolute Gasteiger partial charge is 0.481 e. The number of hydrogen-bond acceptors (Lipinski definition) is 2. The molecule has 0 spiro atoms. The molecular weight excluding hydrogens is 232 g/mol. The predicted molar refractivity (Wildman–Crippen MR) is 67.9 cm³/mol. The molecule has 0 atom stereocenters. The lowest BCUT2D eigenvalue weighted by atomic mass is 9.85. The molecule has 0 aliphatic carbocycles. The van der Waals surface area contributed by atoms with E-state index in [0.29, 0.717) is 0 Å². The van der Waals surface area contributed by atoms with Crippen molar-refractivity contribution in [2.75, 3.05) is 0 Å². The molecule has 0 bridgehead atoms. The molecule has 0 radical (unpaired) electrons. The number of rotatable bonds is 5. The van der Waals surface area contributed by atoms with Gasteiger partial charge in [-0.25, -0.2) is 0 Å². The van der Waals surface area contributed by atoms with Crippen LogP contribution in [0.1, 0.15) is 41.0 Å². The van der Waals surface area contributed by atoms with Gasteiger partial charge in [-0.05, 0) is 37.5 Å². The second-order valence-corrected chi connectivity index (χ2v) is 4.71. The highest BCUT2D eigenvalue weighted by molar-refractivity contribution is 5.73. The first-order valence-electron chi connectivity index (χ1n) is 5.82. The summed E-state index contributed by atoms with van der Waals surface area (Å²) in [5, 5.41) is 17.8. The molecular formula is C14H18O4. The van der Waals surface area contributed by atoms with E-state index in [1.54, 1.807) is 0 Å². The minimum absolute atomic E-state index is 0.156. The van der Waals surface area contributed by atoms with Crippen LogP contribution in [0.4, 0.5) is 0 Å². The van der Waals surface area contributed by atoms with E-state index in [-0.39, 0.29) is 12.8 Å². The Bertz CT molecular complexity index is 438. The summed E-state index contributed by atoms with van der Waals surface area (Å²) in [7, 11) is 0. The minimum atomic E-state index is -0.972. The maximum absolute atomic E-state index is 10.9. The third kappa shape index (κ3) is 3.58. The van der Waals surface area contributed by atoms with Crippen molar-refractivity contribution in [2.45, 2.75) is 39.5 Å². The normalized spacial score (nSPS) is 10.7. The summed E-state index contributed by atoms with van der Waals surface area (Å²) < 4.78 is 0. The van der Waals surface area contributed by atoms with Crippen molar-refractivity contribution in [1.82, 2.24) is 0 Å². The fourth-order valence-corrected chi connectivity index (χ4v) is 2.53. The number of carbonyl (C=O) groups is 2. The molecule has 0 saturated carbocycles. The lowest BCUT2D eigenvalue weighted by molar-refractivity contribution is -0.139. The molecule has 1 aromatic carbocycles. The van der Waals surface area contributed by atoms with Crippen LogP contribution < -0.4 is 0 Å². The second kappa shape index (κ2) is 5.67. The molecule has 98 valence electrons. The summed E-state index contributed by atoms with van der Waals surface area (Å²) in [6.45, 7) is 5.76. The zero-order valence-corrected chi connectivity index (χ0v) is 10.9. The van der Waals surface area contributed by atoms with Crippen molar-refractivity contribution in [1.29, 1.82) is 0 Å². The van der Waals surface area contributed by atoms with Crippen LogP contribution in [-0.4, -0.2) is 22.2 Å². The van der Waals surface area contributed by atoms with E-state index in [2.05, 4.69) is 0 Å². The summed E-state index contributed by atoms with van der Waals surface area (Å²) in [6, 6.07) is 3.91. The third-order valence-corrected chi connectivity index (χ3v) is 2.99. The highest BCUT2D eigenvalue weighted by Crippen LogP contribution is 2.30. The maximum Gasteiger partial charge on any atom is 0.303 e. The Morgan fingerprint density at radius 1 is 1.00 bits per heavy atom. The maximum atomic E-state index is 10.9. The number of aryl methyl sites for hydroxylation is 3. The van der Waals surface area contributed by atoms with Gasteiger partial charge in [0.25, 0.3) is 0 Å². The number of aliphatic carboxylic acids is 2. The summed E-state index contributed by atoms with van der Waals surface area (Å²) in [4.78, 5) is 21.7. The van der Waals surface area contributed by atoms with Crippen LogP contribution in [0.25, 0.3) is 0 Å². The summed E-state index contributed by atoms with van der Waals surface area (Å²) in [5.74, 6) is -2.41. The molecule has 4 heteroatoms. The van der Waals surface area contributed by atoms with Gasteiger partial charge in [0.15, 0.2) is 0 Å². The smallest absolute Gasteiger partial charge is 0.303 e. The average molecular weight is 250 g/mol. The van der Waals surface area contributed by atoms with Gasteiger partial charge < -0.3 is 10.2 Å². The fraction of sp³-hybridized carbons (Fsp3) is 0.429. The van der Waals surface area contributed by atoms with Gasteiger partial charge in [0.2, 0.25) is 0 Å². The Kier molecular flexibility index (Phi) is 4.48. The Labute approximate surface area is 106 Å². The zero-order chi connectivity index (χ0) is 13.9. The van der Waals surface area contributed by atoms with Crippen LogP contribution in [0.3, 0.4) is 0 Å². The van der Waals surface area contributed by atoms with Crippen LogP contribution in [0.2, 0.25) is 0 Å². The van der Waals surface area contributed by atoms with Crippen LogP contribution in [-0.2, 0) is 9.59 Å². The molecule has 0 aromatic heterocycles. The number of carboxylic acids is 2. The monoisotopic (exact) mass is 250 g/mol. The first-order valence-corrected chi connectivity index (χ1v) is 5.82. The number of benzene rings is 1. The molecule has 0 aliphatic rings. The Hall–Kier alpha value is -1.84. The van der Waals surface area contributed by atoms with Gasteiger partial charge in [0.1, 0.15) is 0 Å². The lowest BCUT2D eigenvalue weighted by Crippen LogP contribution is -2.13. The predicted octanol–water partition coefficient (Wildman–Crippen LogP) is 2.64. The molecule has 1 rings (SSSR count). The van der Waals surface area contributed by atoms with Gasteiger partial charge in [0, 0.05) is 5.92 Å². The lowest BCUT2D eigenvalue weighted by Gasteiger charge is -2.19. The highest BCUT2D eigenvalue weighted by atomic mass is 16.4. The van der Waals surface area contributed by atoms with E-state index in [1.165, 1.54) is 0 Å². The molecule has 18 heavy (non-hydrogen) atoms. The molecule has 0 aliphatic heterocycles. The average Bonchev–Trinajstić information content (AvgIpc) is 2.12. The molecule has 1 aromatic rings. The van der Waals surface area contributed by atoms with Crippen molar-refractivity contribution >= 4 is 11.9 Å². The van der Waals surface area contributed by atoms with Gasteiger partial charge >= 0.3 is 11.9 Å². The van der Waals surface area contributed by atoms with E-state index in [9.17, 15) is 9.59 Å². The zero-order valence-electron chi connectivity index (χ0n) is 10.9. The van der Waals surface area contributed by atoms with Crippen molar-refractivity contribution in [3.8, 4) is 0 Å². The van der Waals surface area contributed by atoms with Gasteiger partial charge in [-0.3, -0.25) is 9.59 Å². The molecule has 0 heterocycles. The van der Waals surface area contributed by atoms with Gasteiger partial charge in [-0.2, -0.15) is 0 Å². The highest BCUT2D eigenvalue weighted by Gasteiger charge is 2.22. The molecule has 0 amide bonds. The van der Waals surface area contributed by atoms with Gasteiger partial charge in [-0.15, -0.1) is 0 Å². The minimum Gasteiger partial charge on any atom is -0.481 e. The van der Waals surface area contributed by atoms with Crippen LogP contribution >= 0.6 is 0 Å². The third-order valence-electron chi connectivity index (χ3n) is 2.99. The van der Waals surface area contributed by atoms with Crippen molar-refractivity contribution < 1.29 is 19.8 Å². The van der Waals surface area contributed by atoms with Crippen LogP contribution in [0.5, 0.6) is 0 Å². The van der Waals surface area contributed by atoms with Gasteiger partial charge in [-0.1, -0.05) is 17.7 Å². The Morgan fingerprint density at radius 2 is 1.39 bits per heavy atom. The number of hydrogen-bond donors (Lipinski definition) is 2. The Morgan fingerprint density at radius 3 is 1.72 bits per heavy atom.